The van der Waals surface area contributed by atoms with Crippen LogP contribution in [0.2, 0.25) is 0 Å². The molecule has 0 atom stereocenters. The van der Waals surface area contributed by atoms with Gasteiger partial charge in [-0.25, -0.2) is 0 Å². The first kappa shape index (κ1) is 25.3. The van der Waals surface area contributed by atoms with Gasteiger partial charge in [0, 0.05) is 59.8 Å². The molecule has 1 heterocycles. The Morgan fingerprint density at radius 3 is 2.31 bits per heavy atom. The Balaban J connectivity index is 0.00000420. The number of nitrogens with one attached hydrogen (secondary N) is 2. The number of ether oxygens (including phenoxy) is 2. The zero-order valence-corrected chi connectivity index (χ0v) is 20.2. The van der Waals surface area contributed by atoms with Gasteiger partial charge in [-0.3, -0.25) is 14.7 Å². The number of guanidine groups is 1. The van der Waals surface area contributed by atoms with E-state index in [0.717, 1.165) is 69.7 Å². The smallest absolute Gasteiger partial charge is 0.219 e. The number of amides is 1. The predicted octanol–water partition coefficient (Wildman–Crippen LogP) is 1.19. The number of benzene rings is 1. The Morgan fingerprint density at radius 1 is 1.07 bits per heavy atom. The van der Waals surface area contributed by atoms with Gasteiger partial charge in [-0.05, 0) is 24.1 Å². The van der Waals surface area contributed by atoms with Crippen LogP contribution in [0.5, 0.6) is 11.5 Å². The lowest BCUT2D eigenvalue weighted by atomic mass is 10.1. The fourth-order valence-electron chi connectivity index (χ4n) is 3.20. The summed E-state index contributed by atoms with van der Waals surface area (Å²) >= 11 is 0. The minimum absolute atomic E-state index is 0. The van der Waals surface area contributed by atoms with E-state index in [9.17, 15) is 4.79 Å². The molecule has 0 radical (unpaired) electrons. The van der Waals surface area contributed by atoms with Crippen LogP contribution in [0, 0.1) is 0 Å². The van der Waals surface area contributed by atoms with Crippen molar-refractivity contribution < 1.29 is 14.3 Å². The van der Waals surface area contributed by atoms with Gasteiger partial charge in [0.1, 0.15) is 0 Å². The fourth-order valence-corrected chi connectivity index (χ4v) is 3.20. The van der Waals surface area contributed by atoms with Crippen LogP contribution in [-0.2, 0) is 11.2 Å². The molecule has 1 saturated heterocycles. The second-order valence-electron chi connectivity index (χ2n) is 6.71. The van der Waals surface area contributed by atoms with Gasteiger partial charge in [-0.1, -0.05) is 6.07 Å². The van der Waals surface area contributed by atoms with Crippen molar-refractivity contribution in [2.75, 3.05) is 67.1 Å². The van der Waals surface area contributed by atoms with Crippen molar-refractivity contribution in [2.45, 2.75) is 13.3 Å². The highest BCUT2D eigenvalue weighted by Crippen LogP contribution is 2.27. The third-order valence-corrected chi connectivity index (χ3v) is 4.92. The standard InChI is InChI=1S/C20H33N5O3.HI/c1-16(26)25-13-11-24(12-14-25)10-9-23-20(21-2)22-8-7-17-5-6-18(27-3)19(15-17)28-4;/h5-6,15H,7-14H2,1-4H3,(H2,21,22,23);1H. The van der Waals surface area contributed by atoms with Crippen molar-refractivity contribution in [3.63, 3.8) is 0 Å². The van der Waals surface area contributed by atoms with E-state index in [0.29, 0.717) is 0 Å². The summed E-state index contributed by atoms with van der Waals surface area (Å²) in [6, 6.07) is 5.96. The number of piperazine rings is 1. The van der Waals surface area contributed by atoms with E-state index in [-0.39, 0.29) is 29.9 Å². The second-order valence-corrected chi connectivity index (χ2v) is 6.71. The zero-order valence-electron chi connectivity index (χ0n) is 17.9. The maximum atomic E-state index is 11.4. The molecule has 0 saturated carbocycles. The first-order valence-corrected chi connectivity index (χ1v) is 9.70. The first-order chi connectivity index (χ1) is 13.6. The number of halogens is 1. The van der Waals surface area contributed by atoms with Crippen LogP contribution in [0.4, 0.5) is 0 Å². The Kier molecular flexibility index (Phi) is 11.7. The van der Waals surface area contributed by atoms with Crippen LogP contribution in [-0.4, -0.2) is 88.7 Å². The van der Waals surface area contributed by atoms with Crippen LogP contribution in [0.3, 0.4) is 0 Å². The molecule has 0 unspecified atom stereocenters. The van der Waals surface area contributed by atoms with Crippen LogP contribution < -0.4 is 20.1 Å². The average Bonchev–Trinajstić information content (AvgIpc) is 2.72. The van der Waals surface area contributed by atoms with Crippen molar-refractivity contribution in [1.29, 1.82) is 0 Å². The van der Waals surface area contributed by atoms with E-state index in [1.807, 2.05) is 23.1 Å². The Morgan fingerprint density at radius 2 is 1.72 bits per heavy atom. The van der Waals surface area contributed by atoms with Crippen molar-refractivity contribution >= 4 is 35.8 Å². The van der Waals surface area contributed by atoms with E-state index < -0.39 is 0 Å². The highest BCUT2D eigenvalue weighted by molar-refractivity contribution is 14.0. The fraction of sp³-hybridized carbons (Fsp3) is 0.600. The van der Waals surface area contributed by atoms with Gasteiger partial charge in [0.15, 0.2) is 17.5 Å². The number of hydrogen-bond donors (Lipinski definition) is 2. The van der Waals surface area contributed by atoms with Crippen molar-refractivity contribution in [3.05, 3.63) is 23.8 Å². The van der Waals surface area contributed by atoms with Crippen molar-refractivity contribution in [2.24, 2.45) is 4.99 Å². The van der Waals surface area contributed by atoms with E-state index in [1.165, 1.54) is 5.56 Å². The maximum Gasteiger partial charge on any atom is 0.219 e. The molecule has 1 aliphatic heterocycles. The molecule has 1 amide bonds. The summed E-state index contributed by atoms with van der Waals surface area (Å²) in [5, 5.41) is 6.69. The van der Waals surface area contributed by atoms with Gasteiger partial charge < -0.3 is 25.0 Å². The molecule has 2 rings (SSSR count). The van der Waals surface area contributed by atoms with E-state index >= 15 is 0 Å². The lowest BCUT2D eigenvalue weighted by molar-refractivity contribution is -0.130. The summed E-state index contributed by atoms with van der Waals surface area (Å²) in [6.45, 7) is 7.63. The van der Waals surface area contributed by atoms with Gasteiger partial charge in [0.25, 0.3) is 0 Å². The second kappa shape index (κ2) is 13.5. The number of carbonyl (C=O) groups excluding carboxylic acids is 1. The summed E-state index contributed by atoms with van der Waals surface area (Å²) < 4.78 is 10.6. The number of rotatable bonds is 8. The highest BCUT2D eigenvalue weighted by Gasteiger charge is 2.17. The SMILES string of the molecule is CN=C(NCCc1ccc(OC)c(OC)c1)NCCN1CCN(C(C)=O)CC1.I. The molecule has 8 nitrogen and oxygen atoms in total. The van der Waals surface area contributed by atoms with Crippen LogP contribution in [0.1, 0.15) is 12.5 Å². The Hall–Kier alpha value is -1.75. The third kappa shape index (κ3) is 8.25. The molecule has 164 valence electrons. The number of hydrogen-bond acceptors (Lipinski definition) is 5. The normalized spacial score (nSPS) is 14.8. The molecule has 1 fully saturated rings. The van der Waals surface area contributed by atoms with E-state index in [2.05, 4.69) is 20.5 Å². The van der Waals surface area contributed by atoms with E-state index in [1.54, 1.807) is 28.2 Å². The largest absolute Gasteiger partial charge is 0.493 e. The summed E-state index contributed by atoms with van der Waals surface area (Å²) in [6.07, 6.45) is 0.855. The zero-order chi connectivity index (χ0) is 20.4. The number of nitrogens with zero attached hydrogens (tertiary/aromatic N) is 3. The predicted molar refractivity (Wildman–Crippen MR) is 127 cm³/mol. The first-order valence-electron chi connectivity index (χ1n) is 9.70. The summed E-state index contributed by atoms with van der Waals surface area (Å²) in [4.78, 5) is 19.9. The highest BCUT2D eigenvalue weighted by atomic mass is 127. The van der Waals surface area contributed by atoms with Gasteiger partial charge in [-0.2, -0.15) is 0 Å². The molecular formula is C20H34IN5O3. The minimum Gasteiger partial charge on any atom is -0.493 e. The number of aliphatic imine (C=N–C) groups is 1. The third-order valence-electron chi connectivity index (χ3n) is 4.92. The molecule has 0 aromatic heterocycles. The molecule has 0 bridgehead atoms. The summed E-state index contributed by atoms with van der Waals surface area (Å²) in [5.41, 5.74) is 1.17. The van der Waals surface area contributed by atoms with Gasteiger partial charge in [0.2, 0.25) is 5.91 Å². The molecule has 0 spiro atoms. The van der Waals surface area contributed by atoms with Crippen molar-refractivity contribution in [1.82, 2.24) is 20.4 Å². The summed E-state index contributed by atoms with van der Waals surface area (Å²) in [5.74, 6) is 2.44. The Bertz CT molecular complexity index is 664. The monoisotopic (exact) mass is 519 g/mol. The molecule has 1 aromatic rings. The van der Waals surface area contributed by atoms with Crippen LogP contribution in [0.25, 0.3) is 0 Å². The molecule has 1 aromatic carbocycles. The number of methoxy groups -OCH3 is 2. The van der Waals surface area contributed by atoms with Crippen LogP contribution >= 0.6 is 24.0 Å². The Labute approximate surface area is 191 Å². The lowest BCUT2D eigenvalue weighted by Crippen LogP contribution is -2.50. The van der Waals surface area contributed by atoms with Gasteiger partial charge in [-0.15, -0.1) is 24.0 Å². The van der Waals surface area contributed by atoms with Gasteiger partial charge in [0.05, 0.1) is 14.2 Å². The topological polar surface area (TPSA) is 78.4 Å². The average molecular weight is 519 g/mol. The molecular weight excluding hydrogens is 485 g/mol. The number of carbonyl (C=O) groups is 1. The molecule has 0 aliphatic carbocycles. The summed E-state index contributed by atoms with van der Waals surface area (Å²) in [7, 11) is 5.06. The lowest BCUT2D eigenvalue weighted by Gasteiger charge is -2.34. The molecule has 1 aliphatic rings. The maximum absolute atomic E-state index is 11.4. The molecule has 9 heteroatoms. The molecule has 2 N–H and O–H groups in total. The quantitative estimate of drug-likeness (QED) is 0.306. The van der Waals surface area contributed by atoms with Gasteiger partial charge >= 0.3 is 0 Å². The molecule has 29 heavy (non-hydrogen) atoms. The van der Waals surface area contributed by atoms with Crippen LogP contribution in [0.15, 0.2) is 23.2 Å². The minimum atomic E-state index is 0. The van der Waals surface area contributed by atoms with Crippen molar-refractivity contribution in [3.8, 4) is 11.5 Å². The van der Waals surface area contributed by atoms with E-state index in [4.69, 9.17) is 9.47 Å².